The Morgan fingerprint density at radius 2 is 0.388 bits per heavy atom. The molecule has 0 nitrogen and oxygen atoms in total. The van der Waals surface area contributed by atoms with Gasteiger partial charge in [0.2, 0.25) is 0 Å². The van der Waals surface area contributed by atoms with Crippen LogP contribution in [0.15, 0.2) is 95.7 Å². The van der Waals surface area contributed by atoms with Crippen molar-refractivity contribution >= 4 is 79.4 Å². The predicted octanol–water partition coefficient (Wildman–Crippen LogP) is 19.3. The first-order valence-corrected chi connectivity index (χ1v) is 23.7. The van der Waals surface area contributed by atoms with Crippen molar-refractivity contribution in [3.8, 4) is 58.5 Å². The Kier molecular flexibility index (Phi) is 27.4. The molecular weight excluding hydrogens is 729 g/mol. The lowest BCUT2D eigenvalue weighted by atomic mass is 10.3. The summed E-state index contributed by atoms with van der Waals surface area (Å²) >= 11 is 13.1. The van der Waals surface area contributed by atoms with Gasteiger partial charge in [-0.3, -0.25) is 0 Å². The molecule has 0 radical (unpaired) electrons. The third-order valence-electron chi connectivity index (χ3n) is 5.53. The summed E-state index contributed by atoms with van der Waals surface area (Å²) in [6.45, 7) is 28.0. The van der Waals surface area contributed by atoms with Crippen molar-refractivity contribution in [3.05, 3.63) is 95.7 Å². The largest absolute Gasteiger partial charge is 0.143 e. The second kappa shape index (κ2) is 28.6. The highest BCUT2D eigenvalue weighted by Gasteiger charge is 2.14. The van der Waals surface area contributed by atoms with E-state index in [1.54, 1.807) is 22.7 Å². The van der Waals surface area contributed by atoms with E-state index in [4.69, 9.17) is 0 Å². The number of thiophene rings is 7. The van der Waals surface area contributed by atoms with Gasteiger partial charge in [0.1, 0.15) is 0 Å². The fourth-order valence-electron chi connectivity index (χ4n) is 3.85. The van der Waals surface area contributed by atoms with Crippen LogP contribution in [0.2, 0.25) is 0 Å². The van der Waals surface area contributed by atoms with Gasteiger partial charge in [-0.15, -0.1) is 79.4 Å². The van der Waals surface area contributed by atoms with Crippen LogP contribution in [-0.4, -0.2) is 0 Å². The van der Waals surface area contributed by atoms with Crippen LogP contribution in [-0.2, 0) is 0 Å². The maximum atomic E-state index is 2.28. The van der Waals surface area contributed by atoms with Crippen molar-refractivity contribution in [3.63, 3.8) is 0 Å². The van der Waals surface area contributed by atoms with Gasteiger partial charge in [0.25, 0.3) is 0 Å². The van der Waals surface area contributed by atoms with Crippen molar-refractivity contribution < 1.29 is 0 Å². The molecule has 0 amide bonds. The zero-order valence-electron chi connectivity index (χ0n) is 32.1. The molecule has 0 unspecified atom stereocenters. The first-order chi connectivity index (χ1) is 24.3. The maximum absolute atomic E-state index is 2.28. The average Bonchev–Trinajstić information content (AvgIpc) is 4.05. The molecule has 268 valence electrons. The molecule has 7 aromatic heterocycles. The number of hydrogen-bond acceptors (Lipinski definition) is 7. The zero-order valence-corrected chi connectivity index (χ0v) is 37.8. The van der Waals surface area contributed by atoms with Crippen molar-refractivity contribution in [2.75, 3.05) is 0 Å². The summed E-state index contributed by atoms with van der Waals surface area (Å²) in [6, 6.07) is 31.3. The Morgan fingerprint density at radius 1 is 0.224 bits per heavy atom. The Balaban J connectivity index is 0.00000148. The summed E-state index contributed by atoms with van der Waals surface area (Å²) in [5.41, 5.74) is 0. The molecule has 0 spiro atoms. The Labute approximate surface area is 327 Å². The Bertz CT molecular complexity index is 1570. The highest BCUT2D eigenvalue weighted by atomic mass is 32.1. The minimum absolute atomic E-state index is 1.34. The molecule has 0 saturated carbocycles. The second-order valence-electron chi connectivity index (χ2n) is 7.77. The van der Waals surface area contributed by atoms with Gasteiger partial charge in [-0.2, -0.15) is 0 Å². The van der Waals surface area contributed by atoms with E-state index in [0.717, 1.165) is 0 Å². The van der Waals surface area contributed by atoms with Crippen molar-refractivity contribution in [1.82, 2.24) is 0 Å². The van der Waals surface area contributed by atoms with Gasteiger partial charge in [0, 0.05) is 58.5 Å². The fourth-order valence-corrected chi connectivity index (χ4v) is 10.9. The molecule has 0 aliphatic heterocycles. The van der Waals surface area contributed by atoms with Crippen LogP contribution in [0.3, 0.4) is 0 Å². The molecule has 0 atom stereocenters. The predicted molar refractivity (Wildman–Crippen MR) is 244 cm³/mol. The molecule has 7 aromatic rings. The summed E-state index contributed by atoms with van der Waals surface area (Å²) < 4.78 is 0. The highest BCUT2D eigenvalue weighted by molar-refractivity contribution is 7.31. The molecule has 7 heteroatoms. The molecule has 0 fully saturated rings. The highest BCUT2D eigenvalue weighted by Crippen LogP contribution is 2.46. The lowest BCUT2D eigenvalue weighted by molar-refractivity contribution is 1.50. The van der Waals surface area contributed by atoms with Crippen molar-refractivity contribution in [2.45, 2.75) is 96.9 Å². The Hall–Kier alpha value is -2.10. The van der Waals surface area contributed by atoms with Gasteiger partial charge in [-0.1, -0.05) is 109 Å². The minimum Gasteiger partial charge on any atom is -0.143 e. The summed E-state index contributed by atoms with van der Waals surface area (Å²) in [5.74, 6) is 0. The number of rotatable bonds is 6. The standard InChI is InChI=1S/C28H16S7.7C2H6/c1-3-17(29-15-1)19-5-7-21(31-19)23-9-11-25(33-23)27-13-14-28(35-27)26-12-10-24(34-26)22-8-6-20(32-22)18-4-2-16-30-18;7*1-2/h1-16H;7*1-2H3. The summed E-state index contributed by atoms with van der Waals surface area (Å²) in [5, 5.41) is 4.29. The monoisotopic (exact) mass is 786 g/mol. The first kappa shape index (κ1) is 46.9. The van der Waals surface area contributed by atoms with Gasteiger partial charge < -0.3 is 0 Å². The summed E-state index contributed by atoms with van der Waals surface area (Å²) in [6.07, 6.45) is 0. The molecule has 0 N–H and O–H groups in total. The SMILES string of the molecule is CC.CC.CC.CC.CC.CC.CC.c1csc(-c2ccc(-c3ccc(-c4ccc(-c5ccc(-c6ccc(-c7cccs7)s6)s5)s4)s3)s2)c1. The molecule has 0 aliphatic rings. The lowest BCUT2D eigenvalue weighted by Gasteiger charge is -1.93. The number of hydrogen-bond donors (Lipinski definition) is 0. The van der Waals surface area contributed by atoms with Crippen molar-refractivity contribution in [2.24, 2.45) is 0 Å². The smallest absolute Gasteiger partial charge is 0.0449 e. The van der Waals surface area contributed by atoms with E-state index < -0.39 is 0 Å². The molecular formula is C42H58S7. The van der Waals surface area contributed by atoms with Crippen LogP contribution in [0, 0.1) is 0 Å². The van der Waals surface area contributed by atoms with Crippen LogP contribution in [0.4, 0.5) is 0 Å². The zero-order chi connectivity index (χ0) is 37.2. The Morgan fingerprint density at radius 3 is 0.531 bits per heavy atom. The van der Waals surface area contributed by atoms with Crippen LogP contribution in [0.1, 0.15) is 96.9 Å². The third-order valence-corrected chi connectivity index (χ3v) is 13.9. The lowest BCUT2D eigenvalue weighted by Crippen LogP contribution is -1.58. The van der Waals surface area contributed by atoms with Crippen molar-refractivity contribution in [1.29, 1.82) is 0 Å². The van der Waals surface area contributed by atoms with Gasteiger partial charge in [0.15, 0.2) is 0 Å². The van der Waals surface area contributed by atoms with E-state index in [-0.39, 0.29) is 0 Å². The topological polar surface area (TPSA) is 0 Å². The van der Waals surface area contributed by atoms with E-state index in [1.807, 2.05) is 154 Å². The van der Waals surface area contributed by atoms with Gasteiger partial charge in [-0.05, 0) is 83.6 Å². The molecule has 0 aliphatic carbocycles. The fraction of sp³-hybridized carbons (Fsp3) is 0.333. The van der Waals surface area contributed by atoms with E-state index >= 15 is 0 Å². The minimum atomic E-state index is 1.34. The summed E-state index contributed by atoms with van der Waals surface area (Å²) in [7, 11) is 0. The van der Waals surface area contributed by atoms with Crippen LogP contribution >= 0.6 is 79.4 Å². The van der Waals surface area contributed by atoms with Gasteiger partial charge in [-0.25, -0.2) is 0 Å². The normalized spacial score (nSPS) is 9.02. The average molecular weight is 787 g/mol. The van der Waals surface area contributed by atoms with Crippen LogP contribution in [0.5, 0.6) is 0 Å². The second-order valence-corrected chi connectivity index (χ2v) is 15.1. The van der Waals surface area contributed by atoms with E-state index in [0.29, 0.717) is 0 Å². The van der Waals surface area contributed by atoms with E-state index in [1.165, 1.54) is 58.5 Å². The maximum Gasteiger partial charge on any atom is 0.0449 e. The molecule has 0 bridgehead atoms. The summed E-state index contributed by atoms with van der Waals surface area (Å²) in [4.78, 5) is 16.2. The first-order valence-electron chi connectivity index (χ1n) is 17.9. The molecule has 49 heavy (non-hydrogen) atoms. The van der Waals surface area contributed by atoms with E-state index in [9.17, 15) is 0 Å². The van der Waals surface area contributed by atoms with Gasteiger partial charge >= 0.3 is 0 Å². The molecule has 0 aromatic carbocycles. The van der Waals surface area contributed by atoms with Gasteiger partial charge in [0.05, 0.1) is 0 Å². The molecule has 0 saturated heterocycles. The van der Waals surface area contributed by atoms with E-state index in [2.05, 4.69) is 95.7 Å². The van der Waals surface area contributed by atoms with Crippen LogP contribution in [0.25, 0.3) is 58.5 Å². The third kappa shape index (κ3) is 13.5. The van der Waals surface area contributed by atoms with Crippen LogP contribution < -0.4 is 0 Å². The quantitative estimate of drug-likeness (QED) is 0.157. The molecule has 7 heterocycles. The molecule has 7 rings (SSSR count).